The van der Waals surface area contributed by atoms with Crippen molar-refractivity contribution in [3.05, 3.63) is 34.9 Å². The predicted octanol–water partition coefficient (Wildman–Crippen LogP) is 2.37. The highest BCUT2D eigenvalue weighted by atomic mass is 35.5. The van der Waals surface area contributed by atoms with Crippen molar-refractivity contribution in [1.29, 1.82) is 0 Å². The van der Waals surface area contributed by atoms with Crippen LogP contribution in [0.3, 0.4) is 0 Å². The van der Waals surface area contributed by atoms with Crippen LogP contribution in [0.5, 0.6) is 0 Å². The van der Waals surface area contributed by atoms with Crippen LogP contribution in [0, 0.1) is 5.92 Å². The molecule has 0 unspecified atom stereocenters. The van der Waals surface area contributed by atoms with Crippen LogP contribution < -0.4 is 5.32 Å². The van der Waals surface area contributed by atoms with E-state index in [0.29, 0.717) is 29.6 Å². The Labute approximate surface area is 152 Å². The van der Waals surface area contributed by atoms with Crippen molar-refractivity contribution in [2.45, 2.75) is 32.2 Å². The van der Waals surface area contributed by atoms with E-state index in [1.165, 1.54) is 0 Å². The molecule has 134 valence electrons. The number of carbonyl (C=O) groups is 3. The van der Waals surface area contributed by atoms with Gasteiger partial charge in [0.2, 0.25) is 5.91 Å². The zero-order valence-corrected chi connectivity index (χ0v) is 15.2. The zero-order valence-electron chi connectivity index (χ0n) is 14.4. The van der Waals surface area contributed by atoms with E-state index in [4.69, 9.17) is 11.6 Å². The highest BCUT2D eigenvalue weighted by Crippen LogP contribution is 2.29. The van der Waals surface area contributed by atoms with Crippen molar-refractivity contribution >= 4 is 29.4 Å². The monoisotopic (exact) mass is 363 g/mol. The van der Waals surface area contributed by atoms with Crippen molar-refractivity contribution in [2.75, 3.05) is 19.6 Å². The third-order valence-electron chi connectivity index (χ3n) is 5.00. The summed E-state index contributed by atoms with van der Waals surface area (Å²) in [5.41, 5.74) is -0.547. The summed E-state index contributed by atoms with van der Waals surface area (Å²) in [6.07, 6.45) is 2.05. The van der Waals surface area contributed by atoms with Gasteiger partial charge in [0.05, 0.1) is 0 Å². The first kappa shape index (κ1) is 17.7. The van der Waals surface area contributed by atoms with E-state index in [1.807, 2.05) is 0 Å². The third-order valence-corrected chi connectivity index (χ3v) is 5.25. The van der Waals surface area contributed by atoms with Crippen LogP contribution >= 0.6 is 11.6 Å². The average molecular weight is 364 g/mol. The van der Waals surface area contributed by atoms with E-state index >= 15 is 0 Å². The molecule has 0 spiro atoms. The molecule has 0 aliphatic carbocycles. The number of carbonyl (C=O) groups excluding carboxylic acids is 3. The molecule has 3 rings (SSSR count). The van der Waals surface area contributed by atoms with E-state index in [1.54, 1.807) is 36.1 Å². The van der Waals surface area contributed by atoms with Crippen LogP contribution in [-0.4, -0.2) is 47.3 Å². The maximum absolute atomic E-state index is 12.8. The van der Waals surface area contributed by atoms with Gasteiger partial charge in [0, 0.05) is 18.1 Å². The number of likely N-dealkylation sites (tertiary alicyclic amines) is 1. The number of piperidine rings is 1. The van der Waals surface area contributed by atoms with Gasteiger partial charge in [-0.1, -0.05) is 30.7 Å². The number of imide groups is 1. The molecule has 2 atom stereocenters. The molecule has 0 aromatic heterocycles. The van der Waals surface area contributed by atoms with Crippen LogP contribution in [-0.2, 0) is 15.1 Å². The first-order chi connectivity index (χ1) is 11.8. The lowest BCUT2D eigenvalue weighted by atomic mass is 9.92. The van der Waals surface area contributed by atoms with Crippen molar-refractivity contribution in [3.8, 4) is 0 Å². The summed E-state index contributed by atoms with van der Waals surface area (Å²) in [6.45, 7) is 4.88. The van der Waals surface area contributed by atoms with Gasteiger partial charge in [-0.3, -0.25) is 14.5 Å². The van der Waals surface area contributed by atoms with Gasteiger partial charge >= 0.3 is 6.03 Å². The van der Waals surface area contributed by atoms with Crippen molar-refractivity contribution in [1.82, 2.24) is 15.1 Å². The van der Waals surface area contributed by atoms with Gasteiger partial charge in [-0.2, -0.15) is 0 Å². The Bertz CT molecular complexity index is 706. The van der Waals surface area contributed by atoms with Crippen LogP contribution in [0.2, 0.25) is 5.02 Å². The molecule has 25 heavy (non-hydrogen) atoms. The molecule has 0 bridgehead atoms. The fourth-order valence-corrected chi connectivity index (χ4v) is 3.60. The average Bonchev–Trinajstić information content (AvgIpc) is 2.79. The Hall–Kier alpha value is -2.08. The van der Waals surface area contributed by atoms with Crippen LogP contribution in [0.1, 0.15) is 32.3 Å². The lowest BCUT2D eigenvalue weighted by Gasteiger charge is -2.31. The van der Waals surface area contributed by atoms with Gasteiger partial charge in [-0.25, -0.2) is 4.79 Å². The van der Waals surface area contributed by atoms with Gasteiger partial charge in [-0.15, -0.1) is 0 Å². The number of nitrogens with zero attached hydrogens (tertiary/aromatic N) is 2. The maximum Gasteiger partial charge on any atom is 0.325 e. The number of nitrogens with one attached hydrogen (secondary N) is 1. The maximum atomic E-state index is 12.8. The minimum absolute atomic E-state index is 0.185. The molecule has 0 radical (unpaired) electrons. The number of urea groups is 1. The van der Waals surface area contributed by atoms with Crippen molar-refractivity contribution in [3.63, 3.8) is 0 Å². The lowest BCUT2D eigenvalue weighted by molar-refractivity contribution is -0.139. The first-order valence-electron chi connectivity index (χ1n) is 8.49. The molecule has 0 saturated carbocycles. The van der Waals surface area contributed by atoms with Crippen molar-refractivity contribution < 1.29 is 14.4 Å². The third kappa shape index (κ3) is 3.35. The second-order valence-corrected chi connectivity index (χ2v) is 7.48. The Balaban J connectivity index is 1.75. The summed E-state index contributed by atoms with van der Waals surface area (Å²) >= 11 is 5.89. The molecule has 6 nitrogen and oxygen atoms in total. The number of hydrogen-bond acceptors (Lipinski definition) is 3. The smallest absolute Gasteiger partial charge is 0.325 e. The summed E-state index contributed by atoms with van der Waals surface area (Å²) in [4.78, 5) is 40.4. The molecule has 1 N–H and O–H groups in total. The number of benzene rings is 1. The molecule has 1 aromatic rings. The minimum Gasteiger partial charge on any atom is -0.341 e. The second-order valence-electron chi connectivity index (χ2n) is 7.04. The summed E-state index contributed by atoms with van der Waals surface area (Å²) in [5, 5.41) is 3.26. The van der Waals surface area contributed by atoms with Crippen molar-refractivity contribution in [2.24, 2.45) is 5.92 Å². The van der Waals surface area contributed by atoms with Gasteiger partial charge in [0.15, 0.2) is 0 Å². The lowest BCUT2D eigenvalue weighted by Crippen LogP contribution is -2.47. The van der Waals surface area contributed by atoms with Gasteiger partial charge in [0.1, 0.15) is 12.1 Å². The van der Waals surface area contributed by atoms with Crippen LogP contribution in [0.15, 0.2) is 24.3 Å². The Morgan fingerprint density at radius 3 is 2.64 bits per heavy atom. The molecule has 2 aliphatic heterocycles. The van der Waals surface area contributed by atoms with E-state index in [-0.39, 0.29) is 12.5 Å². The molecule has 2 aliphatic rings. The van der Waals surface area contributed by atoms with Gasteiger partial charge in [0.25, 0.3) is 5.91 Å². The van der Waals surface area contributed by atoms with Gasteiger partial charge in [-0.05, 0) is 43.4 Å². The predicted molar refractivity (Wildman–Crippen MR) is 94.0 cm³/mol. The summed E-state index contributed by atoms with van der Waals surface area (Å²) in [5.74, 6) is -0.159. The van der Waals surface area contributed by atoms with E-state index in [0.717, 1.165) is 17.7 Å². The quantitative estimate of drug-likeness (QED) is 0.838. The Morgan fingerprint density at radius 1 is 1.32 bits per heavy atom. The molecular weight excluding hydrogens is 342 g/mol. The molecule has 2 saturated heterocycles. The Morgan fingerprint density at radius 2 is 2.00 bits per heavy atom. The zero-order chi connectivity index (χ0) is 18.2. The van der Waals surface area contributed by atoms with Gasteiger partial charge < -0.3 is 10.2 Å². The molecule has 2 fully saturated rings. The second kappa shape index (κ2) is 6.67. The number of hydrogen-bond donors (Lipinski definition) is 1. The number of amides is 4. The molecule has 7 heteroatoms. The normalized spacial score (nSPS) is 26.8. The summed E-state index contributed by atoms with van der Waals surface area (Å²) in [7, 11) is 0. The molecular formula is C18H22ClN3O3. The summed E-state index contributed by atoms with van der Waals surface area (Å²) < 4.78 is 0. The molecule has 4 amide bonds. The fourth-order valence-electron chi connectivity index (χ4n) is 3.47. The topological polar surface area (TPSA) is 69.7 Å². The minimum atomic E-state index is -1.18. The number of rotatable bonds is 3. The first-order valence-corrected chi connectivity index (χ1v) is 8.87. The van der Waals surface area contributed by atoms with Crippen LogP contribution in [0.25, 0.3) is 0 Å². The standard InChI is InChI=1S/C18H22ClN3O3/c1-12-4-3-9-21(10-12)15(23)11-22-16(24)18(2,20-17(22)25)13-5-7-14(19)8-6-13/h5-8,12H,3-4,9-11H2,1-2H3,(H,20,25)/t12-,18+/m1/s1. The summed E-state index contributed by atoms with van der Waals surface area (Å²) in [6, 6.07) is 6.21. The van der Waals surface area contributed by atoms with E-state index in [2.05, 4.69) is 12.2 Å². The van der Waals surface area contributed by atoms with E-state index in [9.17, 15) is 14.4 Å². The highest BCUT2D eigenvalue weighted by Gasteiger charge is 2.49. The van der Waals surface area contributed by atoms with Crippen LogP contribution in [0.4, 0.5) is 4.79 Å². The largest absolute Gasteiger partial charge is 0.341 e. The molecule has 2 heterocycles. The SMILES string of the molecule is C[C@@H]1CCCN(C(=O)CN2C(=O)N[C@@](C)(c3ccc(Cl)cc3)C2=O)C1. The van der Waals surface area contributed by atoms with E-state index < -0.39 is 17.5 Å². The highest BCUT2D eigenvalue weighted by molar-refractivity contribution is 6.30. The Kier molecular flexibility index (Phi) is 4.73. The number of halogens is 1. The fraction of sp³-hybridized carbons (Fsp3) is 0.500. The molecule has 1 aromatic carbocycles.